The Morgan fingerprint density at radius 3 is 2.78 bits per heavy atom. The van der Waals surface area contributed by atoms with Crippen molar-refractivity contribution in [1.29, 1.82) is 0 Å². The molecule has 1 aromatic carbocycles. The van der Waals surface area contributed by atoms with Gasteiger partial charge in [0.05, 0.1) is 26.3 Å². The van der Waals surface area contributed by atoms with E-state index in [9.17, 15) is 9.18 Å². The molecule has 2 saturated heterocycles. The van der Waals surface area contributed by atoms with Crippen molar-refractivity contribution in [3.8, 4) is 5.88 Å². The molecule has 3 atom stereocenters. The number of rotatable bonds is 6. The number of carbonyl (C=O) groups excluding carboxylic acids is 1. The van der Waals surface area contributed by atoms with Crippen LogP contribution in [0.4, 0.5) is 10.1 Å². The number of ether oxygens (including phenoxy) is 2. The largest absolute Gasteiger partial charge is 0.474 e. The molecule has 9 heteroatoms. The number of hydrogen-bond acceptors (Lipinski definition) is 7. The van der Waals surface area contributed by atoms with Gasteiger partial charge in [-0.1, -0.05) is 12.1 Å². The van der Waals surface area contributed by atoms with Crippen LogP contribution in [0.15, 0.2) is 36.5 Å². The first-order valence-corrected chi connectivity index (χ1v) is 12.9. The first-order chi connectivity index (χ1) is 17.5. The molecule has 1 aromatic heterocycles. The van der Waals surface area contributed by atoms with Gasteiger partial charge in [-0.25, -0.2) is 9.37 Å². The first-order valence-electron chi connectivity index (χ1n) is 12.9. The number of aromatic nitrogens is 1. The Morgan fingerprint density at radius 1 is 1.14 bits per heavy atom. The Hall–Kier alpha value is -2.59. The van der Waals surface area contributed by atoms with E-state index >= 15 is 0 Å². The Bertz CT molecular complexity index is 1050. The number of fused-ring (bicyclic) bond motifs is 1. The lowest BCUT2D eigenvalue weighted by molar-refractivity contribution is -0.121. The van der Waals surface area contributed by atoms with Crippen molar-refractivity contribution in [1.82, 2.24) is 20.1 Å². The van der Waals surface area contributed by atoms with Gasteiger partial charge < -0.3 is 19.7 Å². The quantitative estimate of drug-likeness (QED) is 0.654. The summed E-state index contributed by atoms with van der Waals surface area (Å²) in [5.74, 6) is 0.301. The number of nitrogens with zero attached hydrogens (tertiary/aromatic N) is 4. The number of amides is 1. The Kier molecular flexibility index (Phi) is 7.81. The molecule has 0 spiro atoms. The van der Waals surface area contributed by atoms with Crippen LogP contribution in [0.1, 0.15) is 25.0 Å². The van der Waals surface area contributed by atoms with E-state index < -0.39 is 0 Å². The van der Waals surface area contributed by atoms with Crippen molar-refractivity contribution in [2.75, 3.05) is 64.0 Å². The van der Waals surface area contributed by atoms with Gasteiger partial charge in [0.1, 0.15) is 18.1 Å². The molecular weight excluding hydrogens is 461 g/mol. The highest BCUT2D eigenvalue weighted by Crippen LogP contribution is 2.31. The zero-order chi connectivity index (χ0) is 25.1. The Balaban J connectivity index is 1.29. The maximum atomic E-state index is 13.7. The summed E-state index contributed by atoms with van der Waals surface area (Å²) >= 11 is 0. The molecule has 36 heavy (non-hydrogen) atoms. The average Bonchev–Trinajstić information content (AvgIpc) is 2.88. The van der Waals surface area contributed by atoms with E-state index in [0.717, 1.165) is 50.5 Å². The first kappa shape index (κ1) is 25.1. The van der Waals surface area contributed by atoms with Crippen molar-refractivity contribution < 1.29 is 18.7 Å². The normalized spacial score (nSPS) is 25.3. The minimum absolute atomic E-state index is 0.0643. The number of anilines is 1. The minimum Gasteiger partial charge on any atom is -0.474 e. The van der Waals surface area contributed by atoms with Crippen molar-refractivity contribution in [3.05, 3.63) is 53.5 Å². The van der Waals surface area contributed by atoms with Crippen molar-refractivity contribution in [3.63, 3.8) is 0 Å². The number of benzene rings is 1. The highest BCUT2D eigenvalue weighted by atomic mass is 19.1. The summed E-state index contributed by atoms with van der Waals surface area (Å²) in [7, 11) is 0. The summed E-state index contributed by atoms with van der Waals surface area (Å²) in [6.45, 7) is 10.7. The van der Waals surface area contributed by atoms with Gasteiger partial charge in [0.2, 0.25) is 11.8 Å². The van der Waals surface area contributed by atoms with Crippen LogP contribution >= 0.6 is 0 Å². The van der Waals surface area contributed by atoms with Gasteiger partial charge in [0.25, 0.3) is 0 Å². The molecule has 2 fully saturated rings. The van der Waals surface area contributed by atoms with Gasteiger partial charge in [-0.15, -0.1) is 0 Å². The minimum atomic E-state index is -0.254. The molecule has 0 saturated carbocycles. The fourth-order valence-corrected chi connectivity index (χ4v) is 5.30. The summed E-state index contributed by atoms with van der Waals surface area (Å²) < 4.78 is 24.7. The Morgan fingerprint density at radius 2 is 1.97 bits per heavy atom. The molecule has 0 bridgehead atoms. The molecule has 8 nitrogen and oxygen atoms in total. The van der Waals surface area contributed by atoms with Crippen LogP contribution in [0.3, 0.4) is 0 Å². The van der Waals surface area contributed by atoms with Crippen LogP contribution in [0.2, 0.25) is 0 Å². The average molecular weight is 498 g/mol. The van der Waals surface area contributed by atoms with Gasteiger partial charge >= 0.3 is 0 Å². The molecule has 194 valence electrons. The van der Waals surface area contributed by atoms with E-state index in [1.54, 1.807) is 18.3 Å². The van der Waals surface area contributed by atoms with E-state index in [1.165, 1.54) is 12.1 Å². The molecule has 2 aromatic rings. The number of hydrogen-bond donors (Lipinski definition) is 1. The summed E-state index contributed by atoms with van der Waals surface area (Å²) in [6, 6.07) is 9.42. The predicted molar refractivity (Wildman–Crippen MR) is 136 cm³/mol. The predicted octanol–water partition coefficient (Wildman–Crippen LogP) is 1.92. The fourth-order valence-electron chi connectivity index (χ4n) is 5.30. The zero-order valence-electron chi connectivity index (χ0n) is 21.2. The highest BCUT2D eigenvalue weighted by molar-refractivity contribution is 5.96. The van der Waals surface area contributed by atoms with E-state index in [0.29, 0.717) is 49.8 Å². The number of piperazine rings is 1. The molecule has 1 N–H and O–H groups in total. The van der Waals surface area contributed by atoms with E-state index in [-0.39, 0.29) is 17.8 Å². The third-order valence-electron chi connectivity index (χ3n) is 7.37. The Labute approximate surface area is 212 Å². The highest BCUT2D eigenvalue weighted by Gasteiger charge is 2.33. The van der Waals surface area contributed by atoms with Crippen molar-refractivity contribution in [2.24, 2.45) is 0 Å². The molecule has 0 unspecified atom stereocenters. The van der Waals surface area contributed by atoms with Crippen LogP contribution in [0.5, 0.6) is 5.88 Å². The summed E-state index contributed by atoms with van der Waals surface area (Å²) in [6.07, 6.45) is 2.38. The molecule has 5 rings (SSSR count). The fraction of sp³-hybridized carbons (Fsp3) is 0.556. The second-order valence-electron chi connectivity index (χ2n) is 10.2. The maximum Gasteiger partial charge on any atom is 0.241 e. The number of halogens is 1. The van der Waals surface area contributed by atoms with E-state index in [4.69, 9.17) is 9.47 Å². The van der Waals surface area contributed by atoms with Gasteiger partial charge in [-0.3, -0.25) is 14.6 Å². The van der Waals surface area contributed by atoms with Gasteiger partial charge in [-0.2, -0.15) is 0 Å². The molecule has 4 heterocycles. The van der Waals surface area contributed by atoms with Crippen molar-refractivity contribution >= 4 is 11.6 Å². The molecule has 3 aliphatic rings. The van der Waals surface area contributed by atoms with Crippen LogP contribution in [-0.2, 0) is 16.0 Å². The molecule has 3 aliphatic heterocycles. The lowest BCUT2D eigenvalue weighted by atomic mass is 10.1. The number of morpholine rings is 1. The second kappa shape index (κ2) is 11.2. The molecule has 0 aliphatic carbocycles. The van der Waals surface area contributed by atoms with Crippen LogP contribution in [0, 0.1) is 5.82 Å². The van der Waals surface area contributed by atoms with Gasteiger partial charge in [0.15, 0.2) is 0 Å². The maximum absolute atomic E-state index is 13.7. The van der Waals surface area contributed by atoms with Crippen LogP contribution < -0.4 is 15.0 Å². The number of carbonyl (C=O) groups is 1. The standard InChI is InChI=1S/C27H36FN5O3/c1-19-15-32(24(14-29-19)16-31-7-9-35-18-20(31)2)17-26(34)33-8-10-36-27-25(33)12-22(13-30-27)11-21-3-5-23(28)6-4-21/h3-6,12-13,19-20,24,29H,7-11,14-18H2,1-2H3/t19-,20-,24-/m1/s1. The third kappa shape index (κ3) is 5.86. The molecule has 0 radical (unpaired) electrons. The SMILES string of the molecule is C[C@@H]1CN(CC(=O)N2CCOc3ncc(Cc4ccc(F)cc4)cc32)[C@@H](CN2CCOC[C@H]2C)CN1. The summed E-state index contributed by atoms with van der Waals surface area (Å²) in [5.41, 5.74) is 2.66. The second-order valence-corrected chi connectivity index (χ2v) is 10.2. The molecular formula is C27H36FN5O3. The summed E-state index contributed by atoms with van der Waals surface area (Å²) in [4.78, 5) is 24.8. The topological polar surface area (TPSA) is 70.2 Å². The van der Waals surface area contributed by atoms with Crippen LogP contribution in [-0.4, -0.2) is 97.9 Å². The smallest absolute Gasteiger partial charge is 0.241 e. The van der Waals surface area contributed by atoms with Crippen LogP contribution in [0.25, 0.3) is 0 Å². The summed E-state index contributed by atoms with van der Waals surface area (Å²) in [5, 5.41) is 3.59. The van der Waals surface area contributed by atoms with Gasteiger partial charge in [0, 0.05) is 50.5 Å². The number of nitrogens with one attached hydrogen (secondary N) is 1. The van der Waals surface area contributed by atoms with E-state index in [2.05, 4.69) is 33.9 Å². The zero-order valence-corrected chi connectivity index (χ0v) is 21.2. The number of pyridine rings is 1. The van der Waals surface area contributed by atoms with Gasteiger partial charge in [-0.05, 0) is 49.6 Å². The third-order valence-corrected chi connectivity index (χ3v) is 7.37. The lowest BCUT2D eigenvalue weighted by Crippen LogP contribution is -2.62. The van der Waals surface area contributed by atoms with Crippen molar-refractivity contribution in [2.45, 2.75) is 38.4 Å². The molecule has 1 amide bonds. The monoisotopic (exact) mass is 497 g/mol. The lowest BCUT2D eigenvalue weighted by Gasteiger charge is -2.44. The van der Waals surface area contributed by atoms with E-state index in [1.807, 2.05) is 11.0 Å².